The molecule has 5 nitrogen and oxygen atoms in total. The first-order chi connectivity index (χ1) is 8.65. The molecule has 2 heterocycles. The fraction of sp³-hybridized carbons (Fsp3) is 0.308. The molecule has 0 radical (unpaired) electrons. The number of aromatic nitrogens is 1. The van der Waals surface area contributed by atoms with E-state index in [1.54, 1.807) is 18.5 Å². The van der Waals surface area contributed by atoms with Crippen LogP contribution in [0.4, 0.5) is 5.69 Å². The van der Waals surface area contributed by atoms with E-state index in [-0.39, 0.29) is 11.9 Å². The van der Waals surface area contributed by atoms with E-state index in [0.717, 1.165) is 18.6 Å². The number of hydrogen-bond donors (Lipinski definition) is 3. The van der Waals surface area contributed by atoms with Gasteiger partial charge >= 0.3 is 0 Å². The Bertz CT molecular complexity index is 502. The summed E-state index contributed by atoms with van der Waals surface area (Å²) in [5.74, 6) is 0.791. The van der Waals surface area contributed by atoms with Crippen molar-refractivity contribution >= 4 is 11.6 Å². The highest BCUT2D eigenvalue weighted by Crippen LogP contribution is 2.08. The second-order valence-corrected chi connectivity index (χ2v) is 4.34. The molecular weight excluding hydrogens is 230 g/mol. The number of nitrogen functional groups attached to an aromatic ring is 1. The SMILES string of the molecule is CC(CCc1ccco1)NC(=O)c1cc(N)c[nH]1. The maximum absolute atomic E-state index is 11.8. The van der Waals surface area contributed by atoms with Crippen LogP contribution in [0.3, 0.4) is 0 Å². The van der Waals surface area contributed by atoms with Gasteiger partial charge in [-0.15, -0.1) is 0 Å². The van der Waals surface area contributed by atoms with Gasteiger partial charge in [-0.05, 0) is 31.5 Å². The minimum Gasteiger partial charge on any atom is -0.469 e. The summed E-state index contributed by atoms with van der Waals surface area (Å²) >= 11 is 0. The van der Waals surface area contributed by atoms with Crippen LogP contribution in [0.25, 0.3) is 0 Å². The van der Waals surface area contributed by atoms with E-state index in [9.17, 15) is 4.79 Å². The number of nitrogens with one attached hydrogen (secondary N) is 2. The van der Waals surface area contributed by atoms with E-state index < -0.39 is 0 Å². The number of furan rings is 1. The summed E-state index contributed by atoms with van der Waals surface area (Å²) in [4.78, 5) is 14.6. The number of carbonyl (C=O) groups excluding carboxylic acids is 1. The van der Waals surface area contributed by atoms with Crippen molar-refractivity contribution in [3.63, 3.8) is 0 Å². The molecular formula is C13H17N3O2. The molecule has 0 aliphatic carbocycles. The maximum Gasteiger partial charge on any atom is 0.267 e. The Morgan fingerprint density at radius 1 is 1.61 bits per heavy atom. The van der Waals surface area contributed by atoms with Crippen molar-refractivity contribution in [1.82, 2.24) is 10.3 Å². The highest BCUT2D eigenvalue weighted by molar-refractivity contribution is 5.93. The molecule has 4 N–H and O–H groups in total. The first-order valence-electron chi connectivity index (χ1n) is 5.92. The molecule has 96 valence electrons. The Hall–Kier alpha value is -2.17. The van der Waals surface area contributed by atoms with Crippen LogP contribution in [-0.4, -0.2) is 16.9 Å². The molecule has 0 spiro atoms. The minimum atomic E-state index is -0.140. The molecule has 2 rings (SSSR count). The quantitative estimate of drug-likeness (QED) is 0.755. The van der Waals surface area contributed by atoms with Crippen LogP contribution in [0.1, 0.15) is 29.6 Å². The third-order valence-electron chi connectivity index (χ3n) is 2.73. The largest absolute Gasteiger partial charge is 0.469 e. The number of anilines is 1. The third kappa shape index (κ3) is 3.16. The highest BCUT2D eigenvalue weighted by atomic mass is 16.3. The number of aromatic amines is 1. The standard InChI is InChI=1S/C13H17N3O2/c1-9(4-5-11-3-2-6-18-11)16-13(17)12-7-10(14)8-15-12/h2-3,6-9,15H,4-5,14H2,1H3,(H,16,17). The van der Waals surface area contributed by atoms with Crippen LogP contribution < -0.4 is 11.1 Å². The second-order valence-electron chi connectivity index (χ2n) is 4.34. The average Bonchev–Trinajstić information content (AvgIpc) is 2.97. The first kappa shape index (κ1) is 12.3. The van der Waals surface area contributed by atoms with Crippen molar-refractivity contribution in [2.24, 2.45) is 0 Å². The van der Waals surface area contributed by atoms with Gasteiger partial charge in [0.25, 0.3) is 5.91 Å². The lowest BCUT2D eigenvalue weighted by molar-refractivity contribution is 0.0933. The average molecular weight is 247 g/mol. The number of H-pyrrole nitrogens is 1. The number of aryl methyl sites for hydroxylation is 1. The summed E-state index contributed by atoms with van der Waals surface area (Å²) in [6, 6.07) is 5.49. The van der Waals surface area contributed by atoms with Gasteiger partial charge in [0, 0.05) is 24.3 Å². The van der Waals surface area contributed by atoms with Gasteiger partial charge < -0.3 is 20.5 Å². The molecule has 0 aromatic carbocycles. The zero-order chi connectivity index (χ0) is 13.0. The van der Waals surface area contributed by atoms with Crippen LogP contribution >= 0.6 is 0 Å². The lowest BCUT2D eigenvalue weighted by Crippen LogP contribution is -2.33. The zero-order valence-electron chi connectivity index (χ0n) is 10.3. The number of nitrogens with two attached hydrogens (primary N) is 1. The molecule has 1 atom stereocenters. The molecule has 2 aromatic heterocycles. The third-order valence-corrected chi connectivity index (χ3v) is 2.73. The van der Waals surface area contributed by atoms with Crippen molar-refractivity contribution in [2.75, 3.05) is 5.73 Å². The maximum atomic E-state index is 11.8. The Morgan fingerprint density at radius 2 is 2.44 bits per heavy atom. The van der Waals surface area contributed by atoms with Gasteiger partial charge in [0.2, 0.25) is 0 Å². The molecule has 0 saturated heterocycles. The Balaban J connectivity index is 1.80. The zero-order valence-corrected chi connectivity index (χ0v) is 10.3. The van der Waals surface area contributed by atoms with E-state index in [2.05, 4.69) is 10.3 Å². The molecule has 0 aliphatic heterocycles. The molecule has 0 bridgehead atoms. The first-order valence-corrected chi connectivity index (χ1v) is 5.92. The Morgan fingerprint density at radius 3 is 3.06 bits per heavy atom. The summed E-state index contributed by atoms with van der Waals surface area (Å²) in [5.41, 5.74) is 6.59. The number of hydrogen-bond acceptors (Lipinski definition) is 3. The summed E-state index contributed by atoms with van der Waals surface area (Å²) in [7, 11) is 0. The van der Waals surface area contributed by atoms with E-state index in [0.29, 0.717) is 11.4 Å². The minimum absolute atomic E-state index is 0.0760. The summed E-state index contributed by atoms with van der Waals surface area (Å²) in [6.07, 6.45) is 4.89. The van der Waals surface area contributed by atoms with Crippen molar-refractivity contribution in [2.45, 2.75) is 25.8 Å². The van der Waals surface area contributed by atoms with Crippen LogP contribution in [0.2, 0.25) is 0 Å². The molecule has 1 unspecified atom stereocenters. The van der Waals surface area contributed by atoms with Gasteiger partial charge in [0.05, 0.1) is 6.26 Å². The predicted octanol–water partition coefficient (Wildman–Crippen LogP) is 1.94. The summed E-state index contributed by atoms with van der Waals surface area (Å²) in [5, 5.41) is 2.90. The van der Waals surface area contributed by atoms with Crippen LogP contribution in [0.15, 0.2) is 35.1 Å². The van der Waals surface area contributed by atoms with E-state index >= 15 is 0 Å². The van der Waals surface area contributed by atoms with Crippen molar-refractivity contribution in [3.8, 4) is 0 Å². The summed E-state index contributed by atoms with van der Waals surface area (Å²) < 4.78 is 5.24. The molecule has 0 aliphatic rings. The summed E-state index contributed by atoms with van der Waals surface area (Å²) in [6.45, 7) is 1.97. The van der Waals surface area contributed by atoms with Gasteiger partial charge in [-0.25, -0.2) is 0 Å². The lowest BCUT2D eigenvalue weighted by atomic mass is 10.1. The predicted molar refractivity (Wildman–Crippen MR) is 69.2 cm³/mol. The van der Waals surface area contributed by atoms with Crippen molar-refractivity contribution < 1.29 is 9.21 Å². The van der Waals surface area contributed by atoms with Gasteiger partial charge in [-0.2, -0.15) is 0 Å². The topological polar surface area (TPSA) is 84.1 Å². The van der Waals surface area contributed by atoms with Crippen LogP contribution in [-0.2, 0) is 6.42 Å². The van der Waals surface area contributed by atoms with E-state index in [4.69, 9.17) is 10.2 Å². The number of rotatable bonds is 5. The molecule has 0 fully saturated rings. The number of amides is 1. The fourth-order valence-corrected chi connectivity index (χ4v) is 1.73. The normalized spacial score (nSPS) is 12.3. The smallest absolute Gasteiger partial charge is 0.267 e. The molecule has 18 heavy (non-hydrogen) atoms. The van der Waals surface area contributed by atoms with E-state index in [1.807, 2.05) is 19.1 Å². The Kier molecular flexibility index (Phi) is 3.72. The van der Waals surface area contributed by atoms with Gasteiger partial charge in [-0.1, -0.05) is 0 Å². The fourth-order valence-electron chi connectivity index (χ4n) is 1.73. The number of carbonyl (C=O) groups is 1. The highest BCUT2D eigenvalue weighted by Gasteiger charge is 2.11. The monoisotopic (exact) mass is 247 g/mol. The van der Waals surface area contributed by atoms with Crippen molar-refractivity contribution in [1.29, 1.82) is 0 Å². The van der Waals surface area contributed by atoms with Gasteiger partial charge in [-0.3, -0.25) is 4.79 Å². The Labute approximate surface area is 105 Å². The van der Waals surface area contributed by atoms with Crippen LogP contribution in [0.5, 0.6) is 0 Å². The van der Waals surface area contributed by atoms with Crippen molar-refractivity contribution in [3.05, 3.63) is 42.1 Å². The lowest BCUT2D eigenvalue weighted by Gasteiger charge is -2.12. The van der Waals surface area contributed by atoms with Gasteiger partial charge in [0.1, 0.15) is 11.5 Å². The molecule has 1 amide bonds. The van der Waals surface area contributed by atoms with Gasteiger partial charge in [0.15, 0.2) is 0 Å². The molecule has 5 heteroatoms. The van der Waals surface area contributed by atoms with E-state index in [1.165, 1.54) is 0 Å². The molecule has 0 saturated carbocycles. The molecule has 2 aromatic rings. The second kappa shape index (κ2) is 5.44. The van der Waals surface area contributed by atoms with Crippen LogP contribution in [0, 0.1) is 0 Å².